The predicted octanol–water partition coefficient (Wildman–Crippen LogP) is 8.85. The van der Waals surface area contributed by atoms with Crippen molar-refractivity contribution in [1.29, 1.82) is 0 Å². The molecule has 3 N–H and O–H groups in total. The zero-order chi connectivity index (χ0) is 56.5. The number of anilines is 1. The molecule has 5 amide bonds. The standard InChI is InChI=1S/C60H59F3N8O9/c1-60(2,3)80-58(76)66-51-33-40(39-12-10-11-37(29-39)32-52(62)63)34-65-54(51)56(74)64-21-27-78-28-26-71(59(77)79-36-48-43-15-6-4-13-41(43)42-14-5-7-16-44(42)48)35-53(72)69-22-24-70(25-23-69)57(75)47-30-38(19-20-49(47)61)31-50-45-17-8-9-18-46(45)55(73)68-67-50/h4-20,29-30,33-34,48,52H,21-28,31-32,35-36H2,1-3H3,(H,64,74)(H,66,76)(H,68,73). The Kier molecular flexibility index (Phi) is 17.3. The second kappa shape index (κ2) is 24.8. The van der Waals surface area contributed by atoms with Gasteiger partial charge in [0.15, 0.2) is 5.69 Å². The van der Waals surface area contributed by atoms with E-state index in [1.807, 2.05) is 48.5 Å². The molecule has 1 aliphatic carbocycles. The molecule has 0 radical (unpaired) electrons. The maximum atomic E-state index is 15.3. The molecule has 3 heterocycles. The first kappa shape index (κ1) is 55.8. The van der Waals surface area contributed by atoms with Crippen LogP contribution in [0.4, 0.5) is 28.4 Å². The summed E-state index contributed by atoms with van der Waals surface area (Å²) in [5.41, 5.74) is 5.15. The summed E-state index contributed by atoms with van der Waals surface area (Å²) in [6.45, 7) is 4.81. The summed E-state index contributed by atoms with van der Waals surface area (Å²) in [6, 6.07) is 35.0. The third-order valence-electron chi connectivity index (χ3n) is 13.7. The second-order valence-electron chi connectivity index (χ2n) is 20.3. The summed E-state index contributed by atoms with van der Waals surface area (Å²) >= 11 is 0. The lowest BCUT2D eigenvalue weighted by Crippen LogP contribution is -2.53. The van der Waals surface area contributed by atoms with Crippen molar-refractivity contribution in [2.45, 2.75) is 51.6 Å². The number of aromatic amines is 1. The molecule has 0 atom stereocenters. The van der Waals surface area contributed by atoms with Crippen LogP contribution in [-0.4, -0.2) is 137 Å². The van der Waals surface area contributed by atoms with Crippen LogP contribution < -0.4 is 16.2 Å². The summed E-state index contributed by atoms with van der Waals surface area (Å²) in [6.07, 6.45) is -2.99. The highest BCUT2D eigenvalue weighted by Crippen LogP contribution is 2.44. The minimum absolute atomic E-state index is 0.00810. The fourth-order valence-electron chi connectivity index (χ4n) is 9.82. The first-order valence-corrected chi connectivity index (χ1v) is 26.1. The number of halogens is 3. The van der Waals surface area contributed by atoms with Crippen LogP contribution in [0, 0.1) is 5.82 Å². The Morgan fingerprint density at radius 3 is 2.19 bits per heavy atom. The molecule has 9 rings (SSSR count). The van der Waals surface area contributed by atoms with Gasteiger partial charge in [-0.25, -0.2) is 32.8 Å². The van der Waals surface area contributed by atoms with Gasteiger partial charge in [-0.05, 0) is 84.0 Å². The van der Waals surface area contributed by atoms with Gasteiger partial charge in [0, 0.05) is 75.2 Å². The number of piperazine rings is 1. The molecule has 414 valence electrons. The Morgan fingerprint density at radius 2 is 1.48 bits per heavy atom. The van der Waals surface area contributed by atoms with Crippen molar-refractivity contribution < 1.29 is 51.4 Å². The maximum Gasteiger partial charge on any atom is 0.412 e. The van der Waals surface area contributed by atoms with Crippen LogP contribution in [0.3, 0.4) is 0 Å². The Hall–Kier alpha value is -8.91. The molecule has 0 bridgehead atoms. The van der Waals surface area contributed by atoms with E-state index < -0.39 is 54.2 Å². The average molecular weight is 1090 g/mol. The fraction of sp³-hybridized carbons (Fsp3) is 0.300. The molecule has 1 saturated heterocycles. The maximum absolute atomic E-state index is 15.3. The van der Waals surface area contributed by atoms with E-state index in [2.05, 4.69) is 25.8 Å². The monoisotopic (exact) mass is 1090 g/mol. The van der Waals surface area contributed by atoms with Crippen molar-refractivity contribution in [1.82, 2.24) is 35.2 Å². The van der Waals surface area contributed by atoms with Crippen LogP contribution in [0.2, 0.25) is 0 Å². The van der Waals surface area contributed by atoms with Gasteiger partial charge in [-0.3, -0.25) is 29.4 Å². The predicted molar refractivity (Wildman–Crippen MR) is 293 cm³/mol. The normalized spacial score (nSPS) is 13.2. The van der Waals surface area contributed by atoms with Crippen LogP contribution in [0.15, 0.2) is 132 Å². The zero-order valence-electron chi connectivity index (χ0n) is 44.3. The quantitative estimate of drug-likeness (QED) is 0.0693. The van der Waals surface area contributed by atoms with Crippen molar-refractivity contribution in [3.8, 4) is 22.3 Å². The molecule has 80 heavy (non-hydrogen) atoms. The van der Waals surface area contributed by atoms with E-state index in [4.69, 9.17) is 14.2 Å². The number of carbonyl (C=O) groups excluding carboxylic acids is 5. The third kappa shape index (κ3) is 13.5. The summed E-state index contributed by atoms with van der Waals surface area (Å²) < 4.78 is 59.0. The van der Waals surface area contributed by atoms with Gasteiger partial charge in [0.05, 0.1) is 35.5 Å². The first-order chi connectivity index (χ1) is 38.5. The van der Waals surface area contributed by atoms with Crippen molar-refractivity contribution in [2.24, 2.45) is 0 Å². The lowest BCUT2D eigenvalue weighted by molar-refractivity contribution is -0.133. The van der Waals surface area contributed by atoms with Gasteiger partial charge in [0.2, 0.25) is 12.3 Å². The number of hydrogen-bond acceptors (Lipinski definition) is 11. The lowest BCUT2D eigenvalue weighted by atomic mass is 9.98. The minimum atomic E-state index is -2.55. The second-order valence-corrected chi connectivity index (χ2v) is 20.3. The highest BCUT2D eigenvalue weighted by atomic mass is 19.3. The molecule has 17 nitrogen and oxygen atoms in total. The minimum Gasteiger partial charge on any atom is -0.448 e. The summed E-state index contributed by atoms with van der Waals surface area (Å²) in [4.78, 5) is 89.4. The van der Waals surface area contributed by atoms with Gasteiger partial charge in [-0.2, -0.15) is 5.10 Å². The number of amides is 5. The van der Waals surface area contributed by atoms with Crippen LogP contribution >= 0.6 is 0 Å². The highest BCUT2D eigenvalue weighted by Gasteiger charge is 2.32. The van der Waals surface area contributed by atoms with Gasteiger partial charge in [0.25, 0.3) is 17.4 Å². The Morgan fingerprint density at radius 1 is 0.787 bits per heavy atom. The number of ether oxygens (including phenoxy) is 3. The number of carbonyl (C=O) groups is 5. The van der Waals surface area contributed by atoms with Gasteiger partial charge < -0.3 is 29.3 Å². The molecule has 5 aromatic carbocycles. The topological polar surface area (TPSA) is 205 Å². The van der Waals surface area contributed by atoms with E-state index in [-0.39, 0.29) is 100 Å². The van der Waals surface area contributed by atoms with Crippen molar-refractivity contribution in [3.63, 3.8) is 0 Å². The number of pyridine rings is 1. The van der Waals surface area contributed by atoms with Crippen LogP contribution in [0.1, 0.15) is 75.5 Å². The van der Waals surface area contributed by atoms with Crippen LogP contribution in [0.5, 0.6) is 0 Å². The fourth-order valence-corrected chi connectivity index (χ4v) is 9.82. The number of benzene rings is 5. The molecule has 2 aromatic heterocycles. The number of rotatable bonds is 18. The van der Waals surface area contributed by atoms with E-state index >= 15 is 4.39 Å². The summed E-state index contributed by atoms with van der Waals surface area (Å²) in [5, 5.41) is 13.1. The van der Waals surface area contributed by atoms with Gasteiger partial charge in [0.1, 0.15) is 24.6 Å². The molecule has 0 unspecified atom stereocenters. The number of alkyl halides is 2. The lowest BCUT2D eigenvalue weighted by Gasteiger charge is -2.36. The SMILES string of the molecule is CC(C)(C)OC(=O)Nc1cc(-c2cccc(CC(F)F)c2)cnc1C(=O)NCCOCCN(CC(=O)N1CCN(C(=O)c2cc(Cc3n[nH]c(=O)c4ccccc34)ccc2F)CC1)C(=O)OCC1c2ccccc2-c2ccccc21. The summed E-state index contributed by atoms with van der Waals surface area (Å²) in [5.74, 6) is -2.60. The Labute approximate surface area is 459 Å². The molecule has 1 aliphatic heterocycles. The number of aromatic nitrogens is 3. The molecule has 20 heteroatoms. The Balaban J connectivity index is 0.830. The number of fused-ring (bicyclic) bond motifs is 4. The zero-order valence-corrected chi connectivity index (χ0v) is 44.3. The molecule has 0 saturated carbocycles. The number of nitrogens with one attached hydrogen (secondary N) is 3. The average Bonchev–Trinajstić information content (AvgIpc) is 3.78. The van der Waals surface area contributed by atoms with Gasteiger partial charge >= 0.3 is 12.2 Å². The molecular formula is C60H59F3N8O9. The Bertz CT molecular complexity index is 3460. The van der Waals surface area contributed by atoms with E-state index in [0.29, 0.717) is 38.7 Å². The molecule has 1 fully saturated rings. The molecular weight excluding hydrogens is 1030 g/mol. The van der Waals surface area contributed by atoms with Crippen LogP contribution in [0.25, 0.3) is 33.0 Å². The first-order valence-electron chi connectivity index (χ1n) is 26.1. The molecule has 0 spiro atoms. The van der Waals surface area contributed by atoms with E-state index in [1.54, 1.807) is 75.4 Å². The van der Waals surface area contributed by atoms with E-state index in [9.17, 15) is 37.5 Å². The van der Waals surface area contributed by atoms with Gasteiger partial charge in [-0.1, -0.05) is 97.1 Å². The van der Waals surface area contributed by atoms with Crippen molar-refractivity contribution in [2.75, 3.05) is 71.0 Å². The molecule has 7 aromatic rings. The van der Waals surface area contributed by atoms with Gasteiger partial charge in [-0.15, -0.1) is 0 Å². The largest absolute Gasteiger partial charge is 0.448 e. The van der Waals surface area contributed by atoms with Crippen LogP contribution in [-0.2, 0) is 31.8 Å². The van der Waals surface area contributed by atoms with E-state index in [1.165, 1.54) is 39.1 Å². The smallest absolute Gasteiger partial charge is 0.412 e. The third-order valence-corrected chi connectivity index (χ3v) is 13.7. The van der Waals surface area contributed by atoms with Crippen molar-refractivity contribution >= 4 is 46.4 Å². The highest BCUT2D eigenvalue weighted by molar-refractivity contribution is 6.02. The number of H-pyrrole nitrogens is 1. The van der Waals surface area contributed by atoms with E-state index in [0.717, 1.165) is 22.3 Å². The van der Waals surface area contributed by atoms with Crippen molar-refractivity contribution in [3.05, 3.63) is 183 Å². The number of hydrogen-bond donors (Lipinski definition) is 3. The number of nitrogens with zero attached hydrogens (tertiary/aromatic N) is 5. The molecule has 2 aliphatic rings. The summed E-state index contributed by atoms with van der Waals surface area (Å²) in [7, 11) is 0.